The van der Waals surface area contributed by atoms with Crippen LogP contribution in [0.15, 0.2) is 72.8 Å². The SMILES string of the molecule is CCCCNC(=O)C(Cc1ccccc1)N(Cc1cccc(OC)c1)C(=O)CSCc1ccc(Cl)cc1Cl. The van der Waals surface area contributed by atoms with Crippen molar-refractivity contribution in [1.82, 2.24) is 10.2 Å². The van der Waals surface area contributed by atoms with E-state index in [1.165, 1.54) is 11.8 Å². The Bertz CT molecular complexity index is 1190. The summed E-state index contributed by atoms with van der Waals surface area (Å²) in [5.74, 6) is 1.20. The van der Waals surface area contributed by atoms with E-state index in [2.05, 4.69) is 12.2 Å². The molecule has 3 rings (SSSR count). The zero-order chi connectivity index (χ0) is 27.3. The van der Waals surface area contributed by atoms with E-state index in [1.54, 1.807) is 24.1 Å². The van der Waals surface area contributed by atoms with Gasteiger partial charge < -0.3 is 15.0 Å². The van der Waals surface area contributed by atoms with Crippen LogP contribution in [-0.2, 0) is 28.3 Å². The van der Waals surface area contributed by atoms with Gasteiger partial charge in [0.1, 0.15) is 11.8 Å². The van der Waals surface area contributed by atoms with Crippen molar-refractivity contribution in [2.24, 2.45) is 0 Å². The smallest absolute Gasteiger partial charge is 0.243 e. The number of ether oxygens (including phenoxy) is 1. The molecule has 0 radical (unpaired) electrons. The molecule has 0 heterocycles. The zero-order valence-corrected chi connectivity index (χ0v) is 24.1. The fourth-order valence-corrected chi connectivity index (χ4v) is 5.47. The second-order valence-corrected chi connectivity index (χ2v) is 10.8. The van der Waals surface area contributed by atoms with Crippen LogP contribution in [0.25, 0.3) is 0 Å². The van der Waals surface area contributed by atoms with E-state index in [1.807, 2.05) is 60.7 Å². The Balaban J connectivity index is 1.85. The molecule has 3 aromatic rings. The molecule has 0 fully saturated rings. The third-order valence-electron chi connectivity index (χ3n) is 6.09. The Morgan fingerprint density at radius 1 is 1.00 bits per heavy atom. The summed E-state index contributed by atoms with van der Waals surface area (Å²) in [4.78, 5) is 28.9. The number of unbranched alkanes of at least 4 members (excludes halogenated alkanes) is 1. The van der Waals surface area contributed by atoms with Crippen LogP contribution in [0.2, 0.25) is 10.0 Å². The van der Waals surface area contributed by atoms with Gasteiger partial charge in [0.05, 0.1) is 12.9 Å². The van der Waals surface area contributed by atoms with Gasteiger partial charge in [0.25, 0.3) is 0 Å². The van der Waals surface area contributed by atoms with E-state index in [9.17, 15) is 9.59 Å². The predicted molar refractivity (Wildman–Crippen MR) is 158 cm³/mol. The number of amides is 2. The van der Waals surface area contributed by atoms with Gasteiger partial charge in [0, 0.05) is 35.3 Å². The van der Waals surface area contributed by atoms with Crippen LogP contribution in [0.5, 0.6) is 5.75 Å². The van der Waals surface area contributed by atoms with Crippen molar-refractivity contribution in [2.45, 2.75) is 44.5 Å². The Morgan fingerprint density at radius 3 is 2.47 bits per heavy atom. The highest BCUT2D eigenvalue weighted by molar-refractivity contribution is 7.99. The van der Waals surface area contributed by atoms with Crippen molar-refractivity contribution in [3.8, 4) is 5.75 Å². The van der Waals surface area contributed by atoms with Crippen LogP contribution in [-0.4, -0.2) is 42.2 Å². The lowest BCUT2D eigenvalue weighted by Crippen LogP contribution is -2.51. The molecule has 0 aromatic heterocycles. The summed E-state index contributed by atoms with van der Waals surface area (Å²) in [6.45, 7) is 2.94. The molecular formula is C30H34Cl2N2O3S. The fraction of sp³-hybridized carbons (Fsp3) is 0.333. The molecule has 38 heavy (non-hydrogen) atoms. The van der Waals surface area contributed by atoms with Crippen LogP contribution in [0.1, 0.15) is 36.5 Å². The number of hydrogen-bond donors (Lipinski definition) is 1. The largest absolute Gasteiger partial charge is 0.497 e. The standard InChI is InChI=1S/C30H34Cl2N2O3S/c1-3-4-15-33-30(36)28(17-22-9-6-5-7-10-22)34(19-23-11-8-12-26(16-23)37-2)29(35)21-38-20-24-13-14-25(31)18-27(24)32/h5-14,16,18,28H,3-4,15,17,19-21H2,1-2H3,(H,33,36). The van der Waals surface area contributed by atoms with E-state index >= 15 is 0 Å². The quantitative estimate of drug-likeness (QED) is 0.216. The average molecular weight is 574 g/mol. The molecule has 2 amide bonds. The molecule has 0 aliphatic carbocycles. The van der Waals surface area contributed by atoms with E-state index in [0.29, 0.717) is 34.5 Å². The van der Waals surface area contributed by atoms with Gasteiger partial charge in [-0.1, -0.05) is 85.1 Å². The number of thioether (sulfide) groups is 1. The van der Waals surface area contributed by atoms with Crippen LogP contribution >= 0.6 is 35.0 Å². The summed E-state index contributed by atoms with van der Waals surface area (Å²) in [6, 6.07) is 22.1. The highest BCUT2D eigenvalue weighted by Crippen LogP contribution is 2.26. The minimum Gasteiger partial charge on any atom is -0.497 e. The summed E-state index contributed by atoms with van der Waals surface area (Å²) in [6.07, 6.45) is 2.27. The van der Waals surface area contributed by atoms with Crippen molar-refractivity contribution in [1.29, 1.82) is 0 Å². The maximum absolute atomic E-state index is 13.7. The predicted octanol–water partition coefficient (Wildman–Crippen LogP) is 6.79. The molecule has 202 valence electrons. The van der Waals surface area contributed by atoms with Crippen molar-refractivity contribution in [3.63, 3.8) is 0 Å². The second kappa shape index (κ2) is 15.7. The fourth-order valence-electron chi connectivity index (χ4n) is 4.00. The molecule has 0 saturated carbocycles. The number of carbonyl (C=O) groups excluding carboxylic acids is 2. The maximum atomic E-state index is 13.7. The highest BCUT2D eigenvalue weighted by atomic mass is 35.5. The van der Waals surface area contributed by atoms with Gasteiger partial charge in [-0.2, -0.15) is 0 Å². The molecule has 0 spiro atoms. The van der Waals surface area contributed by atoms with E-state index < -0.39 is 6.04 Å². The first-order chi connectivity index (χ1) is 18.4. The van der Waals surface area contributed by atoms with Gasteiger partial charge in [-0.25, -0.2) is 0 Å². The van der Waals surface area contributed by atoms with Gasteiger partial charge in [-0.05, 0) is 47.4 Å². The van der Waals surface area contributed by atoms with E-state index in [0.717, 1.165) is 29.5 Å². The first-order valence-electron chi connectivity index (χ1n) is 12.7. The number of halogens is 2. The topological polar surface area (TPSA) is 58.6 Å². The molecule has 1 atom stereocenters. The molecule has 8 heteroatoms. The third kappa shape index (κ3) is 9.26. The zero-order valence-electron chi connectivity index (χ0n) is 21.8. The van der Waals surface area contributed by atoms with Gasteiger partial charge in [-0.15, -0.1) is 11.8 Å². The van der Waals surface area contributed by atoms with Crippen LogP contribution in [0, 0.1) is 0 Å². The van der Waals surface area contributed by atoms with Crippen LogP contribution in [0.3, 0.4) is 0 Å². The second-order valence-electron chi connectivity index (χ2n) is 8.95. The molecule has 3 aromatic carbocycles. The molecule has 1 unspecified atom stereocenters. The number of methoxy groups -OCH3 is 1. The minimum absolute atomic E-state index is 0.116. The van der Waals surface area contributed by atoms with E-state index in [4.69, 9.17) is 27.9 Å². The number of nitrogens with zero attached hydrogens (tertiary/aromatic N) is 1. The molecule has 1 N–H and O–H groups in total. The Kier molecular flexibility index (Phi) is 12.3. The number of nitrogens with one attached hydrogen (secondary N) is 1. The summed E-state index contributed by atoms with van der Waals surface area (Å²) in [5, 5.41) is 4.19. The minimum atomic E-state index is -0.660. The van der Waals surface area contributed by atoms with Gasteiger partial charge in [0.2, 0.25) is 11.8 Å². The Morgan fingerprint density at radius 2 is 1.76 bits per heavy atom. The normalized spacial score (nSPS) is 11.6. The van der Waals surface area contributed by atoms with Crippen molar-refractivity contribution in [3.05, 3.63) is 99.5 Å². The first kappa shape index (κ1) is 29.9. The number of benzene rings is 3. The molecule has 0 aliphatic heterocycles. The Hall–Kier alpha value is -2.67. The van der Waals surface area contributed by atoms with Crippen LogP contribution in [0.4, 0.5) is 0 Å². The highest BCUT2D eigenvalue weighted by Gasteiger charge is 2.30. The monoisotopic (exact) mass is 572 g/mol. The maximum Gasteiger partial charge on any atom is 0.243 e. The van der Waals surface area contributed by atoms with E-state index in [-0.39, 0.29) is 24.1 Å². The summed E-state index contributed by atoms with van der Waals surface area (Å²) < 4.78 is 5.39. The van der Waals surface area contributed by atoms with Gasteiger partial charge in [-0.3, -0.25) is 9.59 Å². The molecule has 0 aliphatic rings. The molecule has 5 nitrogen and oxygen atoms in total. The number of carbonyl (C=O) groups is 2. The number of hydrogen-bond acceptors (Lipinski definition) is 4. The average Bonchev–Trinajstić information content (AvgIpc) is 2.92. The van der Waals surface area contributed by atoms with Crippen molar-refractivity contribution >= 4 is 46.8 Å². The first-order valence-corrected chi connectivity index (χ1v) is 14.6. The third-order valence-corrected chi connectivity index (χ3v) is 7.64. The summed E-state index contributed by atoms with van der Waals surface area (Å²) in [5.41, 5.74) is 2.79. The molecule has 0 bridgehead atoms. The Labute approximate surface area is 239 Å². The molecular weight excluding hydrogens is 539 g/mol. The van der Waals surface area contributed by atoms with Crippen molar-refractivity contribution < 1.29 is 14.3 Å². The lowest BCUT2D eigenvalue weighted by Gasteiger charge is -2.31. The summed E-state index contributed by atoms with van der Waals surface area (Å²) in [7, 11) is 1.61. The lowest BCUT2D eigenvalue weighted by atomic mass is 10.0. The summed E-state index contributed by atoms with van der Waals surface area (Å²) >= 11 is 13.8. The molecule has 0 saturated heterocycles. The lowest BCUT2D eigenvalue weighted by molar-refractivity contribution is -0.139. The van der Waals surface area contributed by atoms with Crippen molar-refractivity contribution in [2.75, 3.05) is 19.4 Å². The van der Waals surface area contributed by atoms with Gasteiger partial charge in [0.15, 0.2) is 0 Å². The van der Waals surface area contributed by atoms with Gasteiger partial charge >= 0.3 is 0 Å². The number of rotatable bonds is 14. The van der Waals surface area contributed by atoms with Crippen LogP contribution < -0.4 is 10.1 Å².